The molecule has 3 atom stereocenters. The number of hydrogen-bond acceptors (Lipinski definition) is 8. The second-order valence-corrected chi connectivity index (χ2v) is 11.0. The van der Waals surface area contributed by atoms with Gasteiger partial charge >= 0.3 is 12.1 Å². The predicted molar refractivity (Wildman–Crippen MR) is 148 cm³/mol. The number of anilines is 2. The average molecular weight is 555 g/mol. The third-order valence-electron chi connectivity index (χ3n) is 7.28. The Bertz CT molecular complexity index is 1530. The topological polar surface area (TPSA) is 139 Å². The molecule has 12 heteroatoms. The Hall–Kier alpha value is -3.86. The first-order valence-electron chi connectivity index (χ1n) is 12.8. The third-order valence-corrected chi connectivity index (χ3v) is 7.49. The molecule has 1 saturated carbocycles. The lowest BCUT2D eigenvalue weighted by Crippen LogP contribution is -2.36. The van der Waals surface area contributed by atoms with Gasteiger partial charge in [-0.1, -0.05) is 17.7 Å². The molecule has 0 bridgehead atoms. The van der Waals surface area contributed by atoms with Gasteiger partial charge in [-0.05, 0) is 51.5 Å². The molecule has 206 valence electrons. The molecule has 3 N–H and O–H groups in total. The molecule has 3 heterocycles. The highest BCUT2D eigenvalue weighted by Gasteiger charge is 2.59. The average Bonchev–Trinajstić information content (AvgIpc) is 3.28. The van der Waals surface area contributed by atoms with E-state index < -0.39 is 18.1 Å². The van der Waals surface area contributed by atoms with Gasteiger partial charge in [-0.25, -0.2) is 19.6 Å². The summed E-state index contributed by atoms with van der Waals surface area (Å²) < 4.78 is 7.13. The van der Waals surface area contributed by atoms with E-state index in [1.165, 1.54) is 6.07 Å². The Kier molecular flexibility index (Phi) is 6.88. The van der Waals surface area contributed by atoms with Gasteiger partial charge in [0, 0.05) is 43.6 Å². The molecule has 2 fully saturated rings. The van der Waals surface area contributed by atoms with E-state index in [0.717, 1.165) is 11.1 Å². The molecule has 0 unspecified atom stereocenters. The molecule has 1 aliphatic carbocycles. The quantitative estimate of drug-likeness (QED) is 0.373. The smallest absolute Gasteiger partial charge is 0.407 e. The van der Waals surface area contributed by atoms with E-state index >= 15 is 0 Å². The highest BCUT2D eigenvalue weighted by molar-refractivity contribution is 6.29. The lowest BCUT2D eigenvalue weighted by atomic mass is 10.0. The second-order valence-electron chi connectivity index (χ2n) is 10.6. The van der Waals surface area contributed by atoms with Gasteiger partial charge in [0.2, 0.25) is 5.95 Å². The summed E-state index contributed by atoms with van der Waals surface area (Å²) in [6.07, 6.45) is -0.535. The molecule has 1 amide bonds. The van der Waals surface area contributed by atoms with Crippen LogP contribution in [0.2, 0.25) is 5.15 Å². The van der Waals surface area contributed by atoms with Gasteiger partial charge in [-0.2, -0.15) is 0 Å². The van der Waals surface area contributed by atoms with Crippen molar-refractivity contribution in [3.05, 3.63) is 56.6 Å². The molecular weight excluding hydrogens is 524 g/mol. The Balaban J connectivity index is 1.44. The van der Waals surface area contributed by atoms with Crippen LogP contribution in [0.1, 0.15) is 48.4 Å². The van der Waals surface area contributed by atoms with Crippen LogP contribution in [0.5, 0.6) is 0 Å². The van der Waals surface area contributed by atoms with Crippen molar-refractivity contribution in [3.8, 4) is 0 Å². The van der Waals surface area contributed by atoms with Crippen molar-refractivity contribution < 1.29 is 19.4 Å². The number of carbonyl (C=O) groups is 2. The largest absolute Gasteiger partial charge is 0.476 e. The fraction of sp³-hybridized carbons (Fsp3) is 0.444. The first kappa shape index (κ1) is 26.7. The third kappa shape index (κ3) is 5.10. The van der Waals surface area contributed by atoms with Crippen LogP contribution >= 0.6 is 11.6 Å². The number of fused-ring (bicyclic) bond motifs is 2. The fourth-order valence-corrected chi connectivity index (χ4v) is 5.53. The SMILES string of the molecule is Cc1cc([C@@H](C)Nc2ccc(Cl)nc2C(=O)O)c2nc(N3C[C@@H]4C(OC(=O)NC(C)C)[C@H]4C3)n(C)c(=O)c2c1. The van der Waals surface area contributed by atoms with Gasteiger partial charge in [0.25, 0.3) is 5.56 Å². The lowest BCUT2D eigenvalue weighted by Gasteiger charge is -2.25. The van der Waals surface area contributed by atoms with E-state index in [9.17, 15) is 19.5 Å². The van der Waals surface area contributed by atoms with Crippen molar-refractivity contribution in [2.75, 3.05) is 23.3 Å². The maximum atomic E-state index is 13.5. The van der Waals surface area contributed by atoms with Crippen LogP contribution in [0.15, 0.2) is 29.1 Å². The van der Waals surface area contributed by atoms with Crippen molar-refractivity contribution in [1.29, 1.82) is 0 Å². The summed E-state index contributed by atoms with van der Waals surface area (Å²) in [4.78, 5) is 48.2. The molecule has 0 radical (unpaired) electrons. The number of nitrogens with zero attached hydrogens (tertiary/aromatic N) is 4. The number of hydrogen-bond donors (Lipinski definition) is 3. The number of rotatable bonds is 7. The molecule has 2 aromatic heterocycles. The molecule has 5 rings (SSSR count). The number of aryl methyl sites for hydroxylation is 1. The van der Waals surface area contributed by atoms with E-state index in [0.29, 0.717) is 35.6 Å². The summed E-state index contributed by atoms with van der Waals surface area (Å²) in [7, 11) is 1.71. The number of carbonyl (C=O) groups excluding carboxylic acids is 1. The van der Waals surface area contributed by atoms with Crippen LogP contribution in [0, 0.1) is 18.8 Å². The Morgan fingerprint density at radius 1 is 1.15 bits per heavy atom. The summed E-state index contributed by atoms with van der Waals surface area (Å²) in [6, 6.07) is 6.46. The maximum absolute atomic E-state index is 13.5. The maximum Gasteiger partial charge on any atom is 0.407 e. The number of carboxylic acid groups (broad SMARTS) is 1. The first-order chi connectivity index (χ1) is 18.4. The summed E-state index contributed by atoms with van der Waals surface area (Å²) in [5.74, 6) is -0.269. The van der Waals surface area contributed by atoms with Crippen LogP contribution in [0.3, 0.4) is 0 Å². The van der Waals surface area contributed by atoms with E-state index in [2.05, 4.69) is 20.5 Å². The number of ether oxygens (including phenoxy) is 1. The van der Waals surface area contributed by atoms with Gasteiger partial charge < -0.3 is 25.4 Å². The number of pyridine rings is 1. The van der Waals surface area contributed by atoms with Crippen LogP contribution < -0.4 is 21.1 Å². The van der Waals surface area contributed by atoms with E-state index in [1.54, 1.807) is 17.7 Å². The molecule has 1 aromatic carbocycles. The zero-order chi connectivity index (χ0) is 28.2. The minimum Gasteiger partial charge on any atom is -0.476 e. The summed E-state index contributed by atoms with van der Waals surface area (Å²) in [5, 5.41) is 16.1. The zero-order valence-corrected chi connectivity index (χ0v) is 23.1. The number of carboxylic acids is 1. The Morgan fingerprint density at radius 3 is 2.49 bits per heavy atom. The molecular formula is C27H31ClN6O5. The van der Waals surface area contributed by atoms with Crippen molar-refractivity contribution in [3.63, 3.8) is 0 Å². The summed E-state index contributed by atoms with van der Waals surface area (Å²) >= 11 is 5.91. The van der Waals surface area contributed by atoms with E-state index in [-0.39, 0.29) is 40.4 Å². The van der Waals surface area contributed by atoms with Gasteiger partial charge in [0.15, 0.2) is 5.69 Å². The number of aromatic nitrogens is 3. The Labute approximate surface area is 230 Å². The fourth-order valence-electron chi connectivity index (χ4n) is 5.38. The predicted octanol–water partition coefficient (Wildman–Crippen LogP) is 3.73. The number of amides is 1. The highest BCUT2D eigenvalue weighted by Crippen LogP contribution is 2.48. The minimum absolute atomic E-state index is 0.00491. The number of halogens is 1. The monoisotopic (exact) mass is 554 g/mol. The molecule has 1 aliphatic heterocycles. The van der Waals surface area contributed by atoms with Crippen LogP contribution in [-0.2, 0) is 11.8 Å². The van der Waals surface area contributed by atoms with Crippen molar-refractivity contribution in [2.24, 2.45) is 18.9 Å². The molecule has 39 heavy (non-hydrogen) atoms. The van der Waals surface area contributed by atoms with Crippen molar-refractivity contribution in [2.45, 2.75) is 45.9 Å². The molecule has 3 aromatic rings. The van der Waals surface area contributed by atoms with Crippen LogP contribution in [-0.4, -0.2) is 56.9 Å². The number of piperidine rings is 1. The molecule has 2 aliphatic rings. The first-order valence-corrected chi connectivity index (χ1v) is 13.2. The van der Waals surface area contributed by atoms with Gasteiger partial charge in [0.1, 0.15) is 11.3 Å². The van der Waals surface area contributed by atoms with Crippen molar-refractivity contribution >= 4 is 46.2 Å². The zero-order valence-electron chi connectivity index (χ0n) is 22.4. The van der Waals surface area contributed by atoms with Crippen LogP contribution in [0.25, 0.3) is 10.9 Å². The molecule has 0 spiro atoms. The second kappa shape index (κ2) is 10.0. The van der Waals surface area contributed by atoms with E-state index in [1.807, 2.05) is 39.8 Å². The number of aromatic carboxylic acids is 1. The summed E-state index contributed by atoms with van der Waals surface area (Å²) in [5.41, 5.74) is 2.13. The van der Waals surface area contributed by atoms with Gasteiger partial charge in [-0.3, -0.25) is 9.36 Å². The number of nitrogens with one attached hydrogen (secondary N) is 2. The van der Waals surface area contributed by atoms with Crippen molar-refractivity contribution in [1.82, 2.24) is 19.9 Å². The highest BCUT2D eigenvalue weighted by atomic mass is 35.5. The van der Waals surface area contributed by atoms with E-state index in [4.69, 9.17) is 21.3 Å². The number of alkyl carbamates (subject to hydrolysis) is 1. The number of benzene rings is 1. The summed E-state index contributed by atoms with van der Waals surface area (Å²) in [6.45, 7) is 8.80. The molecule has 1 saturated heterocycles. The lowest BCUT2D eigenvalue weighted by molar-refractivity contribution is 0.0691. The van der Waals surface area contributed by atoms with Crippen LogP contribution in [0.4, 0.5) is 16.4 Å². The minimum atomic E-state index is -1.20. The van der Waals surface area contributed by atoms with Gasteiger partial charge in [0.05, 0.1) is 22.6 Å². The standard InChI is InChI=1S/C27H31ClN6O5/c1-12(2)29-27(38)39-23-17-10-34(11-18(17)23)26-32-21-15(8-13(3)9-16(21)24(35)33(26)5)14(4)30-19-6-7-20(28)31-22(19)25(36)37/h6-9,12,14,17-18,23,30H,10-11H2,1-5H3,(H,29,38)(H,36,37)/t14-,17+,18+/m1/s1. The molecule has 11 nitrogen and oxygen atoms in total. The Morgan fingerprint density at radius 2 is 1.85 bits per heavy atom. The van der Waals surface area contributed by atoms with Gasteiger partial charge in [-0.15, -0.1) is 0 Å². The normalized spacial score (nSPS) is 20.6.